The number of nitrogens with zero attached hydrogens (tertiary/aromatic N) is 6. The third kappa shape index (κ3) is 5.99. The number of rotatable bonds is 8. The number of nitrogens with two attached hydrogens (primary N) is 1. The number of nitriles is 1. The predicted molar refractivity (Wildman–Crippen MR) is 183 cm³/mol. The summed E-state index contributed by atoms with van der Waals surface area (Å²) in [5, 5.41) is 9.20. The van der Waals surface area contributed by atoms with E-state index in [1.165, 1.54) is 4.90 Å². The fourth-order valence-electron chi connectivity index (χ4n) is 8.08. The van der Waals surface area contributed by atoms with Gasteiger partial charge in [-0.25, -0.2) is 18.0 Å². The molecule has 1 amide bonds. The molecule has 276 valence electrons. The summed E-state index contributed by atoms with van der Waals surface area (Å²) in [6.07, 6.45) is -4.61. The second-order valence-corrected chi connectivity index (χ2v) is 14.4. The summed E-state index contributed by atoms with van der Waals surface area (Å²) >= 11 is 0.675. The Hall–Kier alpha value is -4.56. The quantitative estimate of drug-likeness (QED) is 0.186. The third-order valence-corrected chi connectivity index (χ3v) is 11.4. The standard InChI is InChI=1S/C35H35F6N7O3S/c1-3-48(19-8-11-46(16-19)33(49)50-4-2)31-21-12-23(35(39,40)41)26(20-6-7-24(37)29-25(20)22(14-42)30(43)52-29)27(38)28(21)44-32(45-31)51-17-34-9-5-10-47(34)15-18(36)13-34/h6-7,12,18-19H,3-5,8-11,13,15-17,43H2,1-2H3. The van der Waals surface area contributed by atoms with E-state index in [0.29, 0.717) is 37.3 Å². The van der Waals surface area contributed by atoms with E-state index in [4.69, 9.17) is 15.2 Å². The van der Waals surface area contributed by atoms with Crippen LogP contribution in [-0.4, -0.2) is 89.6 Å². The molecule has 2 aromatic carbocycles. The van der Waals surface area contributed by atoms with Gasteiger partial charge < -0.3 is 25.0 Å². The van der Waals surface area contributed by atoms with Crippen molar-refractivity contribution in [2.24, 2.45) is 0 Å². The van der Waals surface area contributed by atoms with E-state index in [2.05, 4.69) is 9.97 Å². The van der Waals surface area contributed by atoms with Crippen molar-refractivity contribution in [2.45, 2.75) is 63.5 Å². The number of aromatic nitrogens is 2. The molecule has 3 atom stereocenters. The number of thiophene rings is 1. The zero-order chi connectivity index (χ0) is 37.1. The van der Waals surface area contributed by atoms with Crippen molar-refractivity contribution in [1.82, 2.24) is 19.8 Å². The number of likely N-dealkylation sites (N-methyl/N-ethyl adjacent to an activating group) is 1. The van der Waals surface area contributed by atoms with Crippen LogP contribution >= 0.6 is 11.3 Å². The van der Waals surface area contributed by atoms with Crippen molar-refractivity contribution in [3.63, 3.8) is 0 Å². The second-order valence-electron chi connectivity index (χ2n) is 13.3. The summed E-state index contributed by atoms with van der Waals surface area (Å²) in [5.74, 6) is -2.27. The number of hydrogen-bond acceptors (Lipinski definition) is 10. The average Bonchev–Trinajstić information content (AvgIpc) is 3.87. The molecule has 3 aliphatic heterocycles. The van der Waals surface area contributed by atoms with Gasteiger partial charge in [0, 0.05) is 55.0 Å². The molecular weight excluding hydrogens is 712 g/mol. The minimum atomic E-state index is -5.13. The van der Waals surface area contributed by atoms with Gasteiger partial charge in [0.2, 0.25) is 0 Å². The second kappa shape index (κ2) is 13.4. The van der Waals surface area contributed by atoms with Crippen LogP contribution in [0.3, 0.4) is 0 Å². The number of nitrogen functional groups attached to an aromatic ring is 1. The lowest BCUT2D eigenvalue weighted by atomic mass is 9.92. The van der Waals surface area contributed by atoms with Crippen molar-refractivity contribution < 1.29 is 40.6 Å². The molecule has 2 N–H and O–H groups in total. The zero-order valence-corrected chi connectivity index (χ0v) is 29.1. The Labute approximate surface area is 298 Å². The molecule has 0 saturated carbocycles. The lowest BCUT2D eigenvalue weighted by Crippen LogP contribution is -2.43. The van der Waals surface area contributed by atoms with Crippen molar-refractivity contribution in [1.29, 1.82) is 5.26 Å². The molecule has 7 rings (SSSR count). The summed E-state index contributed by atoms with van der Waals surface area (Å²) in [6, 6.07) is 3.71. The maximum absolute atomic E-state index is 17.2. The Bertz CT molecular complexity index is 2110. The van der Waals surface area contributed by atoms with Crippen LogP contribution in [0.1, 0.15) is 50.7 Å². The van der Waals surface area contributed by atoms with Gasteiger partial charge in [-0.1, -0.05) is 6.07 Å². The normalized spacial score (nSPS) is 21.9. The van der Waals surface area contributed by atoms with E-state index in [1.807, 2.05) is 11.0 Å². The number of ether oxygens (including phenoxy) is 2. The molecule has 52 heavy (non-hydrogen) atoms. The first kappa shape index (κ1) is 35.8. The molecule has 17 heteroatoms. The van der Waals surface area contributed by atoms with Gasteiger partial charge in [-0.15, -0.1) is 11.3 Å². The molecule has 5 heterocycles. The summed E-state index contributed by atoms with van der Waals surface area (Å²) in [4.78, 5) is 26.6. The lowest BCUT2D eigenvalue weighted by molar-refractivity contribution is -0.137. The van der Waals surface area contributed by atoms with Crippen molar-refractivity contribution >= 4 is 49.2 Å². The van der Waals surface area contributed by atoms with Crippen LogP contribution < -0.4 is 15.4 Å². The first-order chi connectivity index (χ1) is 24.8. The Morgan fingerprint density at radius 1 is 1.21 bits per heavy atom. The number of amides is 1. The van der Waals surface area contributed by atoms with Gasteiger partial charge >= 0.3 is 18.3 Å². The maximum atomic E-state index is 17.2. The molecule has 0 bridgehead atoms. The maximum Gasteiger partial charge on any atom is 0.417 e. The van der Waals surface area contributed by atoms with Crippen LogP contribution in [-0.2, 0) is 10.9 Å². The summed E-state index contributed by atoms with van der Waals surface area (Å²) < 4.78 is 103. The van der Waals surface area contributed by atoms with Crippen LogP contribution in [0, 0.1) is 23.0 Å². The molecule has 4 aromatic rings. The van der Waals surface area contributed by atoms with E-state index >= 15 is 17.6 Å². The van der Waals surface area contributed by atoms with E-state index in [1.54, 1.807) is 18.7 Å². The van der Waals surface area contributed by atoms with E-state index < -0.39 is 58.3 Å². The molecule has 10 nitrogen and oxygen atoms in total. The zero-order valence-electron chi connectivity index (χ0n) is 28.3. The monoisotopic (exact) mass is 747 g/mol. The molecular formula is C35H35F6N7O3S. The molecule has 0 aliphatic carbocycles. The SMILES string of the molecule is CCOC(=O)N1CCC(N(CC)c2nc(OCC34CCCN3CC(F)C4)nc3c(F)c(-c4ccc(F)c5sc(N)c(C#N)c45)c(C(F)(F)F)cc23)C1. The van der Waals surface area contributed by atoms with E-state index in [0.717, 1.165) is 24.6 Å². The van der Waals surface area contributed by atoms with Crippen LogP contribution in [0.4, 0.5) is 42.0 Å². The Morgan fingerprint density at radius 2 is 2.00 bits per heavy atom. The highest BCUT2D eigenvalue weighted by molar-refractivity contribution is 7.23. The van der Waals surface area contributed by atoms with Crippen LogP contribution in [0.2, 0.25) is 0 Å². The fourth-order valence-corrected chi connectivity index (χ4v) is 9.02. The van der Waals surface area contributed by atoms with E-state index in [-0.39, 0.29) is 82.7 Å². The van der Waals surface area contributed by atoms with Crippen LogP contribution in [0.25, 0.3) is 32.1 Å². The lowest BCUT2D eigenvalue weighted by Gasteiger charge is -2.32. The van der Waals surface area contributed by atoms with Crippen molar-refractivity contribution in [3.8, 4) is 23.2 Å². The Morgan fingerprint density at radius 3 is 2.71 bits per heavy atom. The van der Waals surface area contributed by atoms with E-state index in [9.17, 15) is 18.8 Å². The number of fused-ring (bicyclic) bond motifs is 3. The predicted octanol–water partition coefficient (Wildman–Crippen LogP) is 7.27. The highest BCUT2D eigenvalue weighted by atomic mass is 32.1. The van der Waals surface area contributed by atoms with Crippen molar-refractivity contribution in [3.05, 3.63) is 41.0 Å². The molecule has 3 aliphatic rings. The molecule has 0 spiro atoms. The van der Waals surface area contributed by atoms with Crippen LogP contribution in [0.15, 0.2) is 18.2 Å². The average molecular weight is 748 g/mol. The Kier molecular flexibility index (Phi) is 9.27. The number of alkyl halides is 4. The van der Waals surface area contributed by atoms with Gasteiger partial charge in [-0.3, -0.25) is 4.90 Å². The number of anilines is 2. The molecule has 2 aromatic heterocycles. The Balaban J connectivity index is 1.44. The van der Waals surface area contributed by atoms with Gasteiger partial charge in [0.25, 0.3) is 0 Å². The molecule has 3 fully saturated rings. The summed E-state index contributed by atoms with van der Waals surface area (Å²) in [7, 11) is 0. The van der Waals surface area contributed by atoms with Gasteiger partial charge in [0.15, 0.2) is 5.82 Å². The summed E-state index contributed by atoms with van der Waals surface area (Å²) in [6.45, 7) is 5.17. The first-order valence-electron chi connectivity index (χ1n) is 17.0. The number of hydrogen-bond donors (Lipinski definition) is 1. The van der Waals surface area contributed by atoms with Crippen molar-refractivity contribution in [2.75, 3.05) is 56.6 Å². The largest absolute Gasteiger partial charge is 0.461 e. The van der Waals surface area contributed by atoms with Gasteiger partial charge in [-0.2, -0.15) is 28.4 Å². The molecule has 3 saturated heterocycles. The fraction of sp³-hybridized carbons (Fsp3) is 0.486. The number of halogens is 6. The third-order valence-electron chi connectivity index (χ3n) is 10.4. The van der Waals surface area contributed by atoms with Gasteiger partial charge in [0.05, 0.1) is 28.0 Å². The highest BCUT2D eigenvalue weighted by Crippen LogP contribution is 2.48. The van der Waals surface area contributed by atoms with Crippen LogP contribution in [0.5, 0.6) is 6.01 Å². The summed E-state index contributed by atoms with van der Waals surface area (Å²) in [5.41, 5.74) is 1.83. The minimum absolute atomic E-state index is 0.0298. The van der Waals surface area contributed by atoms with Gasteiger partial charge in [0.1, 0.15) is 41.0 Å². The first-order valence-corrected chi connectivity index (χ1v) is 17.8. The molecule has 0 radical (unpaired) electrons. The minimum Gasteiger partial charge on any atom is -0.461 e. The number of carbonyl (C=O) groups is 1. The smallest absolute Gasteiger partial charge is 0.417 e. The number of benzene rings is 2. The highest BCUT2D eigenvalue weighted by Gasteiger charge is 2.49. The number of carbonyl (C=O) groups excluding carboxylic acids is 1. The molecule has 3 unspecified atom stereocenters. The van der Waals surface area contributed by atoms with Gasteiger partial charge in [-0.05, 0) is 57.4 Å². The number of likely N-dealkylation sites (tertiary alicyclic amines) is 1. The topological polar surface area (TPSA) is 121 Å².